The topological polar surface area (TPSA) is 88.5 Å². The van der Waals surface area contributed by atoms with Crippen molar-refractivity contribution in [1.82, 2.24) is 10.3 Å². The molecule has 126 valence electrons. The highest BCUT2D eigenvalue weighted by Crippen LogP contribution is 2.22. The number of nitrogens with one attached hydrogen (secondary N) is 1. The van der Waals surface area contributed by atoms with E-state index in [0.717, 1.165) is 11.1 Å². The predicted octanol–water partition coefficient (Wildman–Crippen LogP) is 2.64. The molecule has 1 aromatic heterocycles. The lowest BCUT2D eigenvalue weighted by molar-refractivity contribution is -0.147. The zero-order valence-electron chi connectivity index (χ0n) is 13.4. The Hall–Kier alpha value is -2.89. The van der Waals surface area contributed by atoms with E-state index >= 15 is 0 Å². The maximum Gasteiger partial charge on any atom is 0.407 e. The van der Waals surface area contributed by atoms with Gasteiger partial charge in [0.25, 0.3) is 0 Å². The minimum Gasteiger partial charge on any atom is -0.481 e. The Balaban J connectivity index is 1.88. The summed E-state index contributed by atoms with van der Waals surface area (Å²) in [5.74, 6) is -0.984. The first-order valence-corrected chi connectivity index (χ1v) is 7.56. The lowest BCUT2D eigenvalue weighted by Crippen LogP contribution is -2.42. The number of pyridine rings is 1. The molecule has 0 aliphatic heterocycles. The van der Waals surface area contributed by atoms with Crippen LogP contribution in [-0.4, -0.2) is 28.7 Å². The molecule has 2 rings (SSSR count). The van der Waals surface area contributed by atoms with Gasteiger partial charge in [0, 0.05) is 18.9 Å². The molecule has 2 aromatic rings. The normalized spacial score (nSPS) is 12.9. The standard InChI is InChI=1S/C18H20N2O4/c1-18(16(21)22,11-14-7-9-19-10-8-14)13-20-17(23)24-12-15-5-3-2-4-6-15/h2-10H,11-13H2,1H3,(H,20,23)(H,21,22). The molecule has 1 unspecified atom stereocenters. The second-order valence-corrected chi connectivity index (χ2v) is 5.81. The smallest absolute Gasteiger partial charge is 0.407 e. The number of aliphatic carboxylic acids is 1. The average Bonchev–Trinajstić information content (AvgIpc) is 2.60. The third-order valence-electron chi connectivity index (χ3n) is 3.70. The molecule has 0 aliphatic rings. The summed E-state index contributed by atoms with van der Waals surface area (Å²) in [6, 6.07) is 12.8. The van der Waals surface area contributed by atoms with Gasteiger partial charge in [-0.15, -0.1) is 0 Å². The third-order valence-corrected chi connectivity index (χ3v) is 3.70. The van der Waals surface area contributed by atoms with Gasteiger partial charge in [0.2, 0.25) is 0 Å². The van der Waals surface area contributed by atoms with Crippen molar-refractivity contribution in [3.63, 3.8) is 0 Å². The van der Waals surface area contributed by atoms with Crippen LogP contribution >= 0.6 is 0 Å². The van der Waals surface area contributed by atoms with Gasteiger partial charge in [-0.05, 0) is 36.6 Å². The van der Waals surface area contributed by atoms with Crippen LogP contribution in [0.1, 0.15) is 18.1 Å². The van der Waals surface area contributed by atoms with Crippen LogP contribution in [0.15, 0.2) is 54.9 Å². The van der Waals surface area contributed by atoms with Crippen LogP contribution in [0.5, 0.6) is 0 Å². The van der Waals surface area contributed by atoms with Gasteiger partial charge in [-0.2, -0.15) is 0 Å². The Morgan fingerprint density at radius 1 is 1.12 bits per heavy atom. The van der Waals surface area contributed by atoms with Gasteiger partial charge < -0.3 is 15.2 Å². The fourth-order valence-electron chi connectivity index (χ4n) is 2.21. The maximum atomic E-state index is 11.8. The molecule has 0 fully saturated rings. The van der Waals surface area contributed by atoms with E-state index in [4.69, 9.17) is 4.74 Å². The summed E-state index contributed by atoms with van der Waals surface area (Å²) in [6.45, 7) is 1.70. The second kappa shape index (κ2) is 8.10. The van der Waals surface area contributed by atoms with Crippen molar-refractivity contribution >= 4 is 12.1 Å². The Kier molecular flexibility index (Phi) is 5.89. The summed E-state index contributed by atoms with van der Waals surface area (Å²) in [5.41, 5.74) is 0.576. The monoisotopic (exact) mass is 328 g/mol. The molecule has 24 heavy (non-hydrogen) atoms. The minimum atomic E-state index is -1.13. The van der Waals surface area contributed by atoms with Gasteiger partial charge in [-0.25, -0.2) is 4.79 Å². The molecule has 1 atom stereocenters. The minimum absolute atomic E-state index is 0.0295. The van der Waals surface area contributed by atoms with Crippen molar-refractivity contribution in [1.29, 1.82) is 0 Å². The largest absolute Gasteiger partial charge is 0.481 e. The molecule has 0 spiro atoms. The lowest BCUT2D eigenvalue weighted by Gasteiger charge is -2.25. The maximum absolute atomic E-state index is 11.8. The van der Waals surface area contributed by atoms with Crippen molar-refractivity contribution < 1.29 is 19.4 Å². The van der Waals surface area contributed by atoms with Crippen LogP contribution in [-0.2, 0) is 22.6 Å². The van der Waals surface area contributed by atoms with E-state index in [1.165, 1.54) is 0 Å². The molecule has 6 heteroatoms. The van der Waals surface area contributed by atoms with Crippen LogP contribution in [0.2, 0.25) is 0 Å². The highest BCUT2D eigenvalue weighted by atomic mass is 16.5. The molecule has 2 N–H and O–H groups in total. The van der Waals surface area contributed by atoms with Gasteiger partial charge in [-0.1, -0.05) is 30.3 Å². The first-order valence-electron chi connectivity index (χ1n) is 7.56. The number of carboxylic acids is 1. The number of hydrogen-bond donors (Lipinski definition) is 2. The summed E-state index contributed by atoms with van der Waals surface area (Å²) in [5, 5.41) is 12.0. The lowest BCUT2D eigenvalue weighted by atomic mass is 9.84. The highest BCUT2D eigenvalue weighted by molar-refractivity contribution is 5.76. The number of carbonyl (C=O) groups excluding carboxylic acids is 1. The molecule has 0 saturated heterocycles. The summed E-state index contributed by atoms with van der Waals surface area (Å²) in [4.78, 5) is 27.3. The van der Waals surface area contributed by atoms with Crippen molar-refractivity contribution in [2.75, 3.05) is 6.54 Å². The molecule has 0 bridgehead atoms. The molecular weight excluding hydrogens is 308 g/mol. The number of carboxylic acid groups (broad SMARTS) is 1. The van der Waals surface area contributed by atoms with E-state index in [1.807, 2.05) is 30.3 Å². The quantitative estimate of drug-likeness (QED) is 0.815. The Bertz CT molecular complexity index is 676. The number of ether oxygens (including phenoxy) is 1. The van der Waals surface area contributed by atoms with Gasteiger partial charge in [0.15, 0.2) is 0 Å². The van der Waals surface area contributed by atoms with Crippen molar-refractivity contribution in [3.8, 4) is 0 Å². The molecule has 0 radical (unpaired) electrons. The van der Waals surface area contributed by atoms with Crippen LogP contribution in [0.25, 0.3) is 0 Å². The summed E-state index contributed by atoms with van der Waals surface area (Å²) in [6.07, 6.45) is 2.86. The van der Waals surface area contributed by atoms with Gasteiger partial charge in [0.1, 0.15) is 6.61 Å². The summed E-state index contributed by atoms with van der Waals surface area (Å²) in [7, 11) is 0. The Morgan fingerprint density at radius 2 is 1.79 bits per heavy atom. The zero-order chi connectivity index (χ0) is 17.4. The summed E-state index contributed by atoms with van der Waals surface area (Å²) >= 11 is 0. The van der Waals surface area contributed by atoms with Crippen molar-refractivity contribution in [3.05, 3.63) is 66.0 Å². The predicted molar refractivity (Wildman–Crippen MR) is 88.3 cm³/mol. The first kappa shape index (κ1) is 17.5. The molecule has 1 heterocycles. The number of benzene rings is 1. The fourth-order valence-corrected chi connectivity index (χ4v) is 2.21. The summed E-state index contributed by atoms with van der Waals surface area (Å²) < 4.78 is 5.10. The third kappa shape index (κ3) is 5.08. The van der Waals surface area contributed by atoms with Gasteiger partial charge in [0.05, 0.1) is 5.41 Å². The molecule has 0 saturated carbocycles. The van der Waals surface area contributed by atoms with Gasteiger partial charge in [-0.3, -0.25) is 9.78 Å². The van der Waals surface area contributed by atoms with Gasteiger partial charge >= 0.3 is 12.1 Å². The number of nitrogens with zero attached hydrogens (tertiary/aromatic N) is 1. The Labute approximate surface area is 140 Å². The van der Waals surface area contributed by atoms with Crippen LogP contribution in [0.3, 0.4) is 0 Å². The number of hydrogen-bond acceptors (Lipinski definition) is 4. The van der Waals surface area contributed by atoms with E-state index in [1.54, 1.807) is 31.5 Å². The first-order chi connectivity index (χ1) is 11.5. The molecular formula is C18H20N2O4. The van der Waals surface area contributed by atoms with E-state index in [0.29, 0.717) is 0 Å². The highest BCUT2D eigenvalue weighted by Gasteiger charge is 2.34. The van der Waals surface area contributed by atoms with Crippen LogP contribution in [0, 0.1) is 5.41 Å². The average molecular weight is 328 g/mol. The van der Waals surface area contributed by atoms with E-state index in [-0.39, 0.29) is 19.6 Å². The van der Waals surface area contributed by atoms with Crippen molar-refractivity contribution in [2.24, 2.45) is 5.41 Å². The van der Waals surface area contributed by atoms with E-state index in [9.17, 15) is 14.7 Å². The number of amides is 1. The number of carbonyl (C=O) groups is 2. The van der Waals surface area contributed by atoms with E-state index < -0.39 is 17.5 Å². The van der Waals surface area contributed by atoms with Crippen LogP contribution in [0.4, 0.5) is 4.79 Å². The number of rotatable bonds is 7. The molecule has 0 aliphatic carbocycles. The Morgan fingerprint density at radius 3 is 2.42 bits per heavy atom. The number of alkyl carbamates (subject to hydrolysis) is 1. The molecule has 1 aromatic carbocycles. The number of aromatic nitrogens is 1. The van der Waals surface area contributed by atoms with Crippen LogP contribution < -0.4 is 5.32 Å². The molecule has 6 nitrogen and oxygen atoms in total. The van der Waals surface area contributed by atoms with Crippen molar-refractivity contribution in [2.45, 2.75) is 20.0 Å². The SMILES string of the molecule is CC(CNC(=O)OCc1ccccc1)(Cc1ccncc1)C(=O)O. The second-order valence-electron chi connectivity index (χ2n) is 5.81. The molecule has 1 amide bonds. The fraction of sp³-hybridized carbons (Fsp3) is 0.278. The van der Waals surface area contributed by atoms with E-state index in [2.05, 4.69) is 10.3 Å². The zero-order valence-corrected chi connectivity index (χ0v) is 13.4.